The number of nitrogens with zero attached hydrogens (tertiary/aromatic N) is 4. The van der Waals surface area contributed by atoms with Gasteiger partial charge in [0.1, 0.15) is 17.7 Å². The predicted octanol–water partition coefficient (Wildman–Crippen LogP) is 1.44. The average Bonchev–Trinajstić information content (AvgIpc) is 3.00. The van der Waals surface area contributed by atoms with Crippen molar-refractivity contribution in [3.05, 3.63) is 52.0 Å². The molecular weight excluding hydrogens is 330 g/mol. The Labute approximate surface area is 154 Å². The third kappa shape index (κ3) is 5.12. The molecule has 1 aliphatic heterocycles. The number of pyridine rings is 1. The minimum absolute atomic E-state index is 0.0796. The quantitative estimate of drug-likeness (QED) is 0.808. The molecule has 3 rings (SSSR count). The first kappa shape index (κ1) is 18.5. The Kier molecular flexibility index (Phi) is 6.00. The molecule has 1 N–H and O–H groups in total. The van der Waals surface area contributed by atoms with Crippen LogP contribution < -0.4 is 10.3 Å². The number of aromatic nitrogens is 3. The van der Waals surface area contributed by atoms with Crippen LogP contribution in [0.4, 0.5) is 0 Å². The highest BCUT2D eigenvalue weighted by atomic mass is 16.5. The monoisotopic (exact) mass is 357 g/mol. The molecule has 7 nitrogen and oxygen atoms in total. The molecule has 2 aromatic rings. The topological polar surface area (TPSA) is 74.3 Å². The van der Waals surface area contributed by atoms with E-state index < -0.39 is 0 Å². The van der Waals surface area contributed by atoms with Crippen LogP contribution in [0.3, 0.4) is 0 Å². The van der Waals surface area contributed by atoms with Crippen LogP contribution in [0.2, 0.25) is 0 Å². The molecular formula is C19H27N5O2. The van der Waals surface area contributed by atoms with Crippen LogP contribution in [-0.4, -0.2) is 58.0 Å². The molecule has 0 bridgehead atoms. The fourth-order valence-corrected chi connectivity index (χ4v) is 3.20. The van der Waals surface area contributed by atoms with Crippen molar-refractivity contribution in [3.63, 3.8) is 0 Å². The lowest BCUT2D eigenvalue weighted by molar-refractivity contribution is 0.196. The summed E-state index contributed by atoms with van der Waals surface area (Å²) in [6.07, 6.45) is 3.67. The van der Waals surface area contributed by atoms with E-state index in [0.29, 0.717) is 6.54 Å². The Morgan fingerprint density at radius 2 is 2.19 bits per heavy atom. The average molecular weight is 357 g/mol. The highest BCUT2D eigenvalue weighted by Crippen LogP contribution is 2.20. The highest BCUT2D eigenvalue weighted by Gasteiger charge is 2.24. The van der Waals surface area contributed by atoms with Gasteiger partial charge in [-0.05, 0) is 33.0 Å². The van der Waals surface area contributed by atoms with E-state index >= 15 is 0 Å². The van der Waals surface area contributed by atoms with Crippen molar-refractivity contribution in [1.82, 2.24) is 24.8 Å². The third-order valence-corrected chi connectivity index (χ3v) is 4.38. The molecule has 1 fully saturated rings. The van der Waals surface area contributed by atoms with Crippen LogP contribution in [-0.2, 0) is 19.5 Å². The zero-order chi connectivity index (χ0) is 18.5. The lowest BCUT2D eigenvalue weighted by Gasteiger charge is -2.17. The van der Waals surface area contributed by atoms with Gasteiger partial charge in [-0.25, -0.2) is 4.98 Å². The van der Waals surface area contributed by atoms with Crippen molar-refractivity contribution in [2.24, 2.45) is 0 Å². The van der Waals surface area contributed by atoms with E-state index in [-0.39, 0.29) is 11.7 Å². The third-order valence-electron chi connectivity index (χ3n) is 4.38. The van der Waals surface area contributed by atoms with Crippen molar-refractivity contribution in [2.75, 3.05) is 27.2 Å². The number of likely N-dealkylation sites (tertiary alicyclic amines) is 1. The first-order chi connectivity index (χ1) is 12.5. The van der Waals surface area contributed by atoms with E-state index in [0.717, 1.165) is 55.4 Å². The summed E-state index contributed by atoms with van der Waals surface area (Å²) in [5.41, 5.74) is 1.76. The number of ether oxygens (including phenoxy) is 1. The van der Waals surface area contributed by atoms with Crippen molar-refractivity contribution in [1.29, 1.82) is 0 Å². The van der Waals surface area contributed by atoms with E-state index in [9.17, 15) is 4.79 Å². The molecule has 7 heteroatoms. The number of aromatic amines is 1. The SMILES string of the molecule is CCc1cc(=O)[nH]c(CN2CCC(Oc3ccnc(CN(C)C)c3)C2)n1. The Balaban J connectivity index is 1.57. The van der Waals surface area contributed by atoms with E-state index in [2.05, 4.69) is 24.8 Å². The lowest BCUT2D eigenvalue weighted by atomic mass is 10.3. The Bertz CT molecular complexity index is 789. The Morgan fingerprint density at radius 3 is 2.96 bits per heavy atom. The minimum Gasteiger partial charge on any atom is -0.489 e. The smallest absolute Gasteiger partial charge is 0.251 e. The molecule has 1 atom stereocenters. The van der Waals surface area contributed by atoms with Gasteiger partial charge < -0.3 is 14.6 Å². The number of nitrogens with one attached hydrogen (secondary N) is 1. The molecule has 0 spiro atoms. The standard InChI is InChI=1S/C19H27N5O2/c1-4-14-10-19(25)22-18(21-14)13-24-8-6-17(12-24)26-16-5-7-20-15(9-16)11-23(2)3/h5,7,9-10,17H,4,6,8,11-13H2,1-3H3,(H,21,22,25). The Hall–Kier alpha value is -2.25. The van der Waals surface area contributed by atoms with Gasteiger partial charge in [0.05, 0.1) is 12.2 Å². The predicted molar refractivity (Wildman–Crippen MR) is 100 cm³/mol. The highest BCUT2D eigenvalue weighted by molar-refractivity contribution is 5.23. The number of rotatable bonds is 7. The molecule has 0 saturated carbocycles. The van der Waals surface area contributed by atoms with Gasteiger partial charge in [-0.1, -0.05) is 6.92 Å². The molecule has 1 aliphatic rings. The van der Waals surface area contributed by atoms with E-state index in [1.54, 1.807) is 12.3 Å². The van der Waals surface area contributed by atoms with Gasteiger partial charge in [0.2, 0.25) is 0 Å². The van der Waals surface area contributed by atoms with Crippen LogP contribution in [0.5, 0.6) is 5.75 Å². The maximum absolute atomic E-state index is 11.7. The summed E-state index contributed by atoms with van der Waals surface area (Å²) in [4.78, 5) is 27.8. The Morgan fingerprint density at radius 1 is 1.35 bits per heavy atom. The molecule has 0 amide bonds. The first-order valence-corrected chi connectivity index (χ1v) is 9.09. The molecule has 0 radical (unpaired) electrons. The molecule has 1 unspecified atom stereocenters. The summed E-state index contributed by atoms with van der Waals surface area (Å²) in [6, 6.07) is 5.48. The fourth-order valence-electron chi connectivity index (χ4n) is 3.20. The number of aryl methyl sites for hydroxylation is 1. The molecule has 26 heavy (non-hydrogen) atoms. The number of hydrogen-bond donors (Lipinski definition) is 1. The first-order valence-electron chi connectivity index (χ1n) is 9.09. The van der Waals surface area contributed by atoms with Crippen LogP contribution in [0.25, 0.3) is 0 Å². The summed E-state index contributed by atoms with van der Waals surface area (Å²) in [6.45, 7) is 5.20. The lowest BCUT2D eigenvalue weighted by Crippen LogP contribution is -2.26. The second-order valence-corrected chi connectivity index (χ2v) is 7.02. The summed E-state index contributed by atoms with van der Waals surface area (Å²) in [5, 5.41) is 0. The maximum Gasteiger partial charge on any atom is 0.251 e. The van der Waals surface area contributed by atoms with Gasteiger partial charge in [-0.2, -0.15) is 0 Å². The molecule has 2 aromatic heterocycles. The second-order valence-electron chi connectivity index (χ2n) is 7.02. The van der Waals surface area contributed by atoms with Crippen LogP contribution in [0.1, 0.15) is 30.6 Å². The minimum atomic E-state index is -0.0796. The molecule has 0 aromatic carbocycles. The molecule has 0 aliphatic carbocycles. The summed E-state index contributed by atoms with van der Waals surface area (Å²) < 4.78 is 6.14. The maximum atomic E-state index is 11.7. The van der Waals surface area contributed by atoms with Crippen molar-refractivity contribution in [3.8, 4) is 5.75 Å². The van der Waals surface area contributed by atoms with Crippen LogP contribution in [0.15, 0.2) is 29.2 Å². The zero-order valence-corrected chi connectivity index (χ0v) is 15.7. The molecule has 140 valence electrons. The van der Waals surface area contributed by atoms with Gasteiger partial charge in [-0.15, -0.1) is 0 Å². The molecule has 1 saturated heterocycles. The zero-order valence-electron chi connectivity index (χ0n) is 15.7. The van der Waals surface area contributed by atoms with Crippen molar-refractivity contribution in [2.45, 2.75) is 39.0 Å². The summed E-state index contributed by atoms with van der Waals surface area (Å²) in [7, 11) is 4.05. The van der Waals surface area contributed by atoms with Gasteiger partial charge in [0.15, 0.2) is 0 Å². The second kappa shape index (κ2) is 8.42. The van der Waals surface area contributed by atoms with Crippen molar-refractivity contribution >= 4 is 0 Å². The van der Waals surface area contributed by atoms with Gasteiger partial charge >= 0.3 is 0 Å². The summed E-state index contributed by atoms with van der Waals surface area (Å²) in [5.74, 6) is 1.59. The summed E-state index contributed by atoms with van der Waals surface area (Å²) >= 11 is 0. The van der Waals surface area contributed by atoms with Gasteiger partial charge in [-0.3, -0.25) is 14.7 Å². The van der Waals surface area contributed by atoms with E-state index in [1.807, 2.05) is 33.2 Å². The fraction of sp³-hybridized carbons (Fsp3) is 0.526. The van der Waals surface area contributed by atoms with Crippen molar-refractivity contribution < 1.29 is 4.74 Å². The largest absolute Gasteiger partial charge is 0.489 e. The number of H-pyrrole nitrogens is 1. The van der Waals surface area contributed by atoms with Crippen LogP contribution in [0, 0.1) is 0 Å². The van der Waals surface area contributed by atoms with Gasteiger partial charge in [0.25, 0.3) is 5.56 Å². The van der Waals surface area contributed by atoms with Crippen LogP contribution >= 0.6 is 0 Å². The normalized spacial score (nSPS) is 17.8. The van der Waals surface area contributed by atoms with E-state index in [4.69, 9.17) is 4.74 Å². The molecule has 3 heterocycles. The van der Waals surface area contributed by atoms with E-state index in [1.165, 1.54) is 0 Å². The van der Waals surface area contributed by atoms with Gasteiger partial charge in [0, 0.05) is 43.7 Å². The number of hydrogen-bond acceptors (Lipinski definition) is 6.